The second kappa shape index (κ2) is 11.8. The van der Waals surface area contributed by atoms with Crippen LogP contribution in [0, 0.1) is 0 Å². The molecule has 1 aliphatic carbocycles. The molecular formula is C24H34Cl2N2. The van der Waals surface area contributed by atoms with Gasteiger partial charge in [-0.2, -0.15) is 0 Å². The average molecular weight is 421 g/mol. The number of halogens is 2. The number of benzene rings is 2. The van der Waals surface area contributed by atoms with Crippen molar-refractivity contribution in [1.29, 1.82) is 0 Å². The maximum atomic E-state index is 2.78. The topological polar surface area (TPSA) is 6.48 Å². The van der Waals surface area contributed by atoms with Gasteiger partial charge in [0.1, 0.15) is 0 Å². The van der Waals surface area contributed by atoms with E-state index < -0.39 is 0 Å². The van der Waals surface area contributed by atoms with Crippen LogP contribution in [0.1, 0.15) is 49.3 Å². The highest BCUT2D eigenvalue weighted by Crippen LogP contribution is 2.29. The Bertz CT molecular complexity index is 651. The van der Waals surface area contributed by atoms with Crippen molar-refractivity contribution < 1.29 is 0 Å². The first-order chi connectivity index (χ1) is 12.9. The average Bonchev–Trinajstić information content (AvgIpc) is 2.74. The van der Waals surface area contributed by atoms with E-state index in [2.05, 4.69) is 70.5 Å². The molecule has 0 N–H and O–H groups in total. The summed E-state index contributed by atoms with van der Waals surface area (Å²) in [7, 11) is 0. The summed E-state index contributed by atoms with van der Waals surface area (Å²) in [6.45, 7) is 4.87. The second-order valence-electron chi connectivity index (χ2n) is 7.98. The minimum atomic E-state index is 0. The van der Waals surface area contributed by atoms with E-state index in [4.69, 9.17) is 0 Å². The SMILES string of the molecule is Cl.Cl.c1ccc(C[C@H](c2ccccc2)N2CCN(C3CCCCC3)CC2)cc1. The van der Waals surface area contributed by atoms with Crippen molar-refractivity contribution in [3.8, 4) is 0 Å². The third kappa shape index (κ3) is 5.97. The number of rotatable bonds is 5. The molecule has 1 atom stereocenters. The van der Waals surface area contributed by atoms with Gasteiger partial charge in [0.05, 0.1) is 0 Å². The first-order valence-electron chi connectivity index (χ1n) is 10.5. The van der Waals surface area contributed by atoms with Gasteiger partial charge in [-0.25, -0.2) is 0 Å². The Labute approximate surface area is 183 Å². The highest BCUT2D eigenvalue weighted by molar-refractivity contribution is 5.85. The Hall–Kier alpha value is -1.06. The molecule has 2 aromatic rings. The van der Waals surface area contributed by atoms with Gasteiger partial charge in [-0.15, -0.1) is 24.8 Å². The lowest BCUT2D eigenvalue weighted by Gasteiger charge is -2.43. The zero-order valence-electron chi connectivity index (χ0n) is 16.7. The van der Waals surface area contributed by atoms with Crippen LogP contribution in [0.5, 0.6) is 0 Å². The molecule has 0 aromatic heterocycles. The van der Waals surface area contributed by atoms with Crippen LogP contribution in [0.2, 0.25) is 0 Å². The van der Waals surface area contributed by atoms with Gasteiger partial charge in [0, 0.05) is 38.3 Å². The van der Waals surface area contributed by atoms with Crippen LogP contribution in [0.25, 0.3) is 0 Å². The quantitative estimate of drug-likeness (QED) is 0.605. The Morgan fingerprint density at radius 1 is 0.714 bits per heavy atom. The summed E-state index contributed by atoms with van der Waals surface area (Å²) in [6.07, 6.45) is 8.27. The van der Waals surface area contributed by atoms with E-state index in [-0.39, 0.29) is 24.8 Å². The van der Waals surface area contributed by atoms with Crippen molar-refractivity contribution in [2.45, 2.75) is 50.6 Å². The molecule has 1 aliphatic heterocycles. The molecule has 28 heavy (non-hydrogen) atoms. The predicted molar refractivity (Wildman–Crippen MR) is 124 cm³/mol. The largest absolute Gasteiger partial charge is 0.298 e. The van der Waals surface area contributed by atoms with Gasteiger partial charge in [0.15, 0.2) is 0 Å². The van der Waals surface area contributed by atoms with Gasteiger partial charge in [-0.05, 0) is 30.4 Å². The summed E-state index contributed by atoms with van der Waals surface area (Å²) in [5.74, 6) is 0. The fourth-order valence-electron chi connectivity index (χ4n) is 4.83. The molecule has 0 bridgehead atoms. The zero-order valence-corrected chi connectivity index (χ0v) is 18.3. The smallest absolute Gasteiger partial charge is 0.0389 e. The third-order valence-corrected chi connectivity index (χ3v) is 6.34. The van der Waals surface area contributed by atoms with E-state index in [0.29, 0.717) is 6.04 Å². The monoisotopic (exact) mass is 420 g/mol. The van der Waals surface area contributed by atoms with Gasteiger partial charge >= 0.3 is 0 Å². The van der Waals surface area contributed by atoms with E-state index in [1.54, 1.807) is 0 Å². The fourth-order valence-corrected chi connectivity index (χ4v) is 4.83. The second-order valence-corrected chi connectivity index (χ2v) is 7.98. The normalized spacial score (nSPS) is 20.0. The van der Waals surface area contributed by atoms with Crippen LogP contribution in [0.3, 0.4) is 0 Å². The van der Waals surface area contributed by atoms with Crippen molar-refractivity contribution >= 4 is 24.8 Å². The number of hydrogen-bond donors (Lipinski definition) is 0. The van der Waals surface area contributed by atoms with Crippen molar-refractivity contribution in [2.24, 2.45) is 0 Å². The summed E-state index contributed by atoms with van der Waals surface area (Å²) in [5.41, 5.74) is 2.90. The molecule has 1 saturated heterocycles. The van der Waals surface area contributed by atoms with E-state index in [9.17, 15) is 0 Å². The van der Waals surface area contributed by atoms with E-state index in [1.165, 1.54) is 69.4 Å². The molecule has 0 spiro atoms. The minimum Gasteiger partial charge on any atom is -0.298 e. The summed E-state index contributed by atoms with van der Waals surface area (Å²) in [5, 5.41) is 0. The molecule has 0 radical (unpaired) electrons. The number of nitrogens with zero attached hydrogens (tertiary/aromatic N) is 2. The van der Waals surface area contributed by atoms with Crippen molar-refractivity contribution in [3.63, 3.8) is 0 Å². The molecule has 1 heterocycles. The summed E-state index contributed by atoms with van der Waals surface area (Å²) in [6, 6.07) is 23.5. The van der Waals surface area contributed by atoms with Crippen molar-refractivity contribution in [3.05, 3.63) is 71.8 Å². The van der Waals surface area contributed by atoms with Crippen LogP contribution >= 0.6 is 24.8 Å². The van der Waals surface area contributed by atoms with E-state index in [1.807, 2.05) is 0 Å². The van der Waals surface area contributed by atoms with Crippen molar-refractivity contribution in [1.82, 2.24) is 9.80 Å². The van der Waals surface area contributed by atoms with Crippen LogP contribution < -0.4 is 0 Å². The molecule has 2 aromatic carbocycles. The van der Waals surface area contributed by atoms with Crippen LogP contribution in [0.4, 0.5) is 0 Å². The third-order valence-electron chi connectivity index (χ3n) is 6.34. The fraction of sp³-hybridized carbons (Fsp3) is 0.500. The highest BCUT2D eigenvalue weighted by atomic mass is 35.5. The molecule has 0 unspecified atom stereocenters. The van der Waals surface area contributed by atoms with Gasteiger partial charge in [-0.1, -0.05) is 79.9 Å². The maximum absolute atomic E-state index is 2.78. The number of piperazine rings is 1. The maximum Gasteiger partial charge on any atom is 0.0389 e. The summed E-state index contributed by atoms with van der Waals surface area (Å²) >= 11 is 0. The highest BCUT2D eigenvalue weighted by Gasteiger charge is 2.29. The van der Waals surface area contributed by atoms with E-state index in [0.717, 1.165) is 12.5 Å². The molecule has 0 amide bonds. The lowest BCUT2D eigenvalue weighted by Crippen LogP contribution is -2.51. The Morgan fingerprint density at radius 3 is 1.89 bits per heavy atom. The van der Waals surface area contributed by atoms with Crippen LogP contribution in [-0.4, -0.2) is 42.0 Å². The molecule has 2 nitrogen and oxygen atoms in total. The van der Waals surface area contributed by atoms with Gasteiger partial charge < -0.3 is 0 Å². The molecular weight excluding hydrogens is 387 g/mol. The Morgan fingerprint density at radius 2 is 1.29 bits per heavy atom. The van der Waals surface area contributed by atoms with Gasteiger partial charge in [0.2, 0.25) is 0 Å². The Balaban J connectivity index is 0.00000140. The predicted octanol–water partition coefficient (Wildman–Crippen LogP) is 5.76. The number of hydrogen-bond acceptors (Lipinski definition) is 2. The van der Waals surface area contributed by atoms with Gasteiger partial charge in [0.25, 0.3) is 0 Å². The first-order valence-corrected chi connectivity index (χ1v) is 10.5. The molecule has 2 aliphatic rings. The molecule has 1 saturated carbocycles. The van der Waals surface area contributed by atoms with Gasteiger partial charge in [-0.3, -0.25) is 9.80 Å². The minimum absolute atomic E-state index is 0. The lowest BCUT2D eigenvalue weighted by molar-refractivity contribution is 0.0559. The molecule has 4 heteroatoms. The lowest BCUT2D eigenvalue weighted by atomic mass is 9.93. The summed E-state index contributed by atoms with van der Waals surface area (Å²) < 4.78 is 0. The van der Waals surface area contributed by atoms with Crippen LogP contribution in [-0.2, 0) is 6.42 Å². The van der Waals surface area contributed by atoms with Crippen molar-refractivity contribution in [2.75, 3.05) is 26.2 Å². The zero-order chi connectivity index (χ0) is 17.6. The standard InChI is InChI=1S/C24H32N2.2ClH/c1-4-10-21(11-5-1)20-24(22-12-6-2-7-13-22)26-18-16-25(17-19-26)23-14-8-3-9-15-23;;/h1-2,4-7,10-13,23-24H,3,8-9,14-20H2;2*1H/t24-;;/m1../s1. The first kappa shape index (κ1) is 23.2. The summed E-state index contributed by atoms with van der Waals surface area (Å²) in [4.78, 5) is 5.50. The Kier molecular flexibility index (Phi) is 9.81. The molecule has 154 valence electrons. The molecule has 4 rings (SSSR count). The molecule has 2 fully saturated rings. The van der Waals surface area contributed by atoms with E-state index >= 15 is 0 Å². The van der Waals surface area contributed by atoms with Crippen LogP contribution in [0.15, 0.2) is 60.7 Å².